The number of aromatic nitrogens is 3. The van der Waals surface area contributed by atoms with E-state index in [0.29, 0.717) is 29.6 Å². The summed E-state index contributed by atoms with van der Waals surface area (Å²) in [4.78, 5) is 11.4. The third-order valence-electron chi connectivity index (χ3n) is 3.36. The molecule has 1 unspecified atom stereocenters. The minimum atomic E-state index is -1.20. The van der Waals surface area contributed by atoms with Crippen LogP contribution in [0.15, 0.2) is 45.0 Å². The van der Waals surface area contributed by atoms with Crippen molar-refractivity contribution in [1.82, 2.24) is 14.8 Å². The van der Waals surface area contributed by atoms with Crippen LogP contribution in [0.1, 0.15) is 5.56 Å². The highest BCUT2D eigenvalue weighted by Gasteiger charge is 2.08. The molecule has 0 amide bonds. The zero-order valence-electron chi connectivity index (χ0n) is 12.7. The zero-order valence-corrected chi connectivity index (χ0v) is 13.5. The van der Waals surface area contributed by atoms with Crippen LogP contribution in [0.3, 0.4) is 0 Å². The van der Waals surface area contributed by atoms with Crippen molar-refractivity contribution >= 4 is 21.8 Å². The number of hydrogen-bond acceptors (Lipinski definition) is 6. The van der Waals surface area contributed by atoms with Gasteiger partial charge < -0.3 is 13.7 Å². The van der Waals surface area contributed by atoms with E-state index in [4.69, 9.17) is 9.15 Å². The van der Waals surface area contributed by atoms with E-state index in [9.17, 15) is 9.00 Å². The van der Waals surface area contributed by atoms with Crippen molar-refractivity contribution < 1.29 is 13.4 Å². The number of ether oxygens (including phenoxy) is 1. The van der Waals surface area contributed by atoms with Crippen LogP contribution in [0.25, 0.3) is 11.0 Å². The third kappa shape index (κ3) is 3.31. The summed E-state index contributed by atoms with van der Waals surface area (Å²) in [6.45, 7) is 2.68. The molecule has 0 N–H and O–H groups in total. The molecule has 8 heteroatoms. The van der Waals surface area contributed by atoms with E-state index in [-0.39, 0.29) is 5.63 Å². The van der Waals surface area contributed by atoms with Crippen molar-refractivity contribution in [3.63, 3.8) is 0 Å². The van der Waals surface area contributed by atoms with Crippen LogP contribution in [0.5, 0.6) is 5.75 Å². The smallest absolute Gasteiger partial charge is 0.336 e. The highest BCUT2D eigenvalue weighted by Crippen LogP contribution is 2.22. The lowest BCUT2D eigenvalue weighted by Gasteiger charge is -2.08. The van der Waals surface area contributed by atoms with E-state index in [1.54, 1.807) is 16.9 Å². The molecule has 23 heavy (non-hydrogen) atoms. The molecule has 0 spiro atoms. The summed E-state index contributed by atoms with van der Waals surface area (Å²) < 4.78 is 24.0. The zero-order chi connectivity index (χ0) is 16.4. The summed E-state index contributed by atoms with van der Waals surface area (Å²) >= 11 is 0. The predicted octanol–water partition coefficient (Wildman–Crippen LogP) is 1.51. The first-order valence-electron chi connectivity index (χ1n) is 6.93. The Morgan fingerprint density at radius 1 is 1.35 bits per heavy atom. The normalized spacial score (nSPS) is 12.4. The van der Waals surface area contributed by atoms with Crippen molar-refractivity contribution in [3.8, 4) is 5.75 Å². The van der Waals surface area contributed by atoms with Crippen LogP contribution in [0, 0.1) is 6.92 Å². The molecule has 2 aromatic heterocycles. The second kappa shape index (κ2) is 6.33. The van der Waals surface area contributed by atoms with E-state index in [1.807, 2.05) is 19.1 Å². The summed E-state index contributed by atoms with van der Waals surface area (Å²) in [7, 11) is -1.20. The van der Waals surface area contributed by atoms with Crippen molar-refractivity contribution in [3.05, 3.63) is 46.6 Å². The minimum absolute atomic E-state index is 0.351. The van der Waals surface area contributed by atoms with Gasteiger partial charge in [-0.15, -0.1) is 10.2 Å². The van der Waals surface area contributed by atoms with Crippen LogP contribution < -0.4 is 10.4 Å². The number of aryl methyl sites for hydroxylation is 1. The first-order valence-corrected chi connectivity index (χ1v) is 8.49. The SMILES string of the molecule is Cc1cc(=O)oc2cc(OCCn3cnnc3S(C)=O)ccc12. The maximum atomic E-state index is 11.5. The second-order valence-corrected chi connectivity index (χ2v) is 6.29. The van der Waals surface area contributed by atoms with Crippen LogP contribution in [-0.2, 0) is 17.3 Å². The lowest BCUT2D eigenvalue weighted by molar-refractivity contribution is 0.293. The van der Waals surface area contributed by atoms with Crippen LogP contribution in [0.2, 0.25) is 0 Å². The van der Waals surface area contributed by atoms with Gasteiger partial charge in [0.15, 0.2) is 0 Å². The number of rotatable bonds is 5. The lowest BCUT2D eigenvalue weighted by Crippen LogP contribution is -2.11. The minimum Gasteiger partial charge on any atom is -0.492 e. The van der Waals surface area contributed by atoms with E-state index in [0.717, 1.165) is 10.9 Å². The molecule has 1 atom stereocenters. The fourth-order valence-corrected chi connectivity index (χ4v) is 2.91. The van der Waals surface area contributed by atoms with Gasteiger partial charge in [-0.05, 0) is 24.6 Å². The van der Waals surface area contributed by atoms with Gasteiger partial charge in [0.05, 0.1) is 17.3 Å². The Morgan fingerprint density at radius 3 is 2.96 bits per heavy atom. The summed E-state index contributed by atoms with van der Waals surface area (Å²) in [6, 6.07) is 6.82. The van der Waals surface area contributed by atoms with E-state index >= 15 is 0 Å². The molecule has 2 heterocycles. The quantitative estimate of drug-likeness (QED) is 0.658. The van der Waals surface area contributed by atoms with Gasteiger partial charge in [0, 0.05) is 23.8 Å². The van der Waals surface area contributed by atoms with E-state index < -0.39 is 10.8 Å². The molecular weight excluding hydrogens is 318 g/mol. The first-order chi connectivity index (χ1) is 11.0. The Morgan fingerprint density at radius 2 is 2.17 bits per heavy atom. The average molecular weight is 333 g/mol. The molecule has 0 saturated heterocycles. The van der Waals surface area contributed by atoms with Gasteiger partial charge >= 0.3 is 5.63 Å². The molecule has 0 aliphatic carbocycles. The molecule has 1 aromatic carbocycles. The Labute approximate surface area is 134 Å². The van der Waals surface area contributed by atoms with Crippen LogP contribution in [-0.4, -0.2) is 31.8 Å². The van der Waals surface area contributed by atoms with Crippen LogP contribution >= 0.6 is 0 Å². The van der Waals surface area contributed by atoms with Crippen molar-refractivity contribution in [2.75, 3.05) is 12.9 Å². The number of benzene rings is 1. The molecule has 120 valence electrons. The molecule has 3 rings (SSSR count). The molecule has 7 nitrogen and oxygen atoms in total. The summed E-state index contributed by atoms with van der Waals surface area (Å²) in [5, 5.41) is 8.84. The average Bonchev–Trinajstić information content (AvgIpc) is 2.95. The van der Waals surface area contributed by atoms with Gasteiger partial charge in [0.2, 0.25) is 5.16 Å². The number of fused-ring (bicyclic) bond motifs is 1. The Kier molecular flexibility index (Phi) is 4.24. The molecule has 0 saturated carbocycles. The second-order valence-electron chi connectivity index (χ2n) is 5.02. The Bertz CT molecular complexity index is 932. The highest BCUT2D eigenvalue weighted by molar-refractivity contribution is 7.84. The largest absolute Gasteiger partial charge is 0.492 e. The molecule has 0 bridgehead atoms. The maximum absolute atomic E-state index is 11.5. The van der Waals surface area contributed by atoms with E-state index in [1.165, 1.54) is 12.4 Å². The van der Waals surface area contributed by atoms with Gasteiger partial charge in [0.25, 0.3) is 0 Å². The lowest BCUT2D eigenvalue weighted by atomic mass is 10.1. The summed E-state index contributed by atoms with van der Waals surface area (Å²) in [5.74, 6) is 0.596. The number of nitrogens with zero attached hydrogens (tertiary/aromatic N) is 3. The van der Waals surface area contributed by atoms with Crippen molar-refractivity contribution in [2.24, 2.45) is 0 Å². The van der Waals surface area contributed by atoms with E-state index in [2.05, 4.69) is 10.2 Å². The van der Waals surface area contributed by atoms with Gasteiger partial charge in [-0.25, -0.2) is 4.79 Å². The summed E-state index contributed by atoms with van der Waals surface area (Å²) in [5.41, 5.74) is 0.973. The maximum Gasteiger partial charge on any atom is 0.336 e. The molecular formula is C15H15N3O4S. The Hall–Kier alpha value is -2.48. The van der Waals surface area contributed by atoms with Gasteiger partial charge in [0.1, 0.15) is 24.3 Å². The molecule has 3 aromatic rings. The topological polar surface area (TPSA) is 87.2 Å². The fourth-order valence-electron chi connectivity index (χ4n) is 2.28. The van der Waals surface area contributed by atoms with Gasteiger partial charge in [-0.3, -0.25) is 4.21 Å². The third-order valence-corrected chi connectivity index (χ3v) is 4.19. The molecule has 0 fully saturated rings. The van der Waals surface area contributed by atoms with Gasteiger partial charge in [-0.2, -0.15) is 0 Å². The van der Waals surface area contributed by atoms with Crippen molar-refractivity contribution in [1.29, 1.82) is 0 Å². The molecule has 0 aliphatic heterocycles. The molecule has 0 radical (unpaired) electrons. The highest BCUT2D eigenvalue weighted by atomic mass is 32.2. The fraction of sp³-hybridized carbons (Fsp3) is 0.267. The monoisotopic (exact) mass is 333 g/mol. The molecule has 0 aliphatic rings. The predicted molar refractivity (Wildman–Crippen MR) is 85.1 cm³/mol. The van der Waals surface area contributed by atoms with Crippen molar-refractivity contribution in [2.45, 2.75) is 18.6 Å². The summed E-state index contributed by atoms with van der Waals surface area (Å²) in [6.07, 6.45) is 3.07. The van der Waals surface area contributed by atoms with Gasteiger partial charge in [-0.1, -0.05) is 0 Å². The Balaban J connectivity index is 1.73. The number of hydrogen-bond donors (Lipinski definition) is 0. The first kappa shape index (κ1) is 15.4. The van der Waals surface area contributed by atoms with Crippen LogP contribution in [0.4, 0.5) is 0 Å². The standard InChI is InChI=1S/C15H15N3O4S/c1-10-7-14(19)22-13-8-11(3-4-12(10)13)21-6-5-18-9-16-17-15(18)23(2)20/h3-4,7-9H,5-6H2,1-2H3.